The van der Waals surface area contributed by atoms with Crippen molar-refractivity contribution in [2.45, 2.75) is 13.1 Å². The van der Waals surface area contributed by atoms with E-state index in [1.807, 2.05) is 0 Å². The Bertz CT molecular complexity index is 1320. The van der Waals surface area contributed by atoms with E-state index in [0.717, 1.165) is 23.0 Å². The fourth-order valence-electron chi connectivity index (χ4n) is 2.98. The van der Waals surface area contributed by atoms with Gasteiger partial charge >= 0.3 is 6.18 Å². The van der Waals surface area contributed by atoms with Crippen molar-refractivity contribution in [1.29, 1.82) is 0 Å². The fourth-order valence-corrected chi connectivity index (χ4v) is 4.16. The van der Waals surface area contributed by atoms with E-state index >= 15 is 0 Å². The maximum atomic E-state index is 13.1. The van der Waals surface area contributed by atoms with Gasteiger partial charge in [-0.2, -0.15) is 13.2 Å². The van der Waals surface area contributed by atoms with Gasteiger partial charge in [0, 0.05) is 23.3 Å². The topological polar surface area (TPSA) is 68.9 Å². The van der Waals surface area contributed by atoms with Gasteiger partial charge in [0.1, 0.15) is 21.6 Å². The SMILES string of the molecule is Cc1cc(C(F)(F)F)nc2sc3c(ncn4nc(-c5ccncc5)nc34)c12. The summed E-state index contributed by atoms with van der Waals surface area (Å²) in [7, 11) is 0. The van der Waals surface area contributed by atoms with Crippen molar-refractivity contribution in [3.8, 4) is 11.4 Å². The van der Waals surface area contributed by atoms with Crippen LogP contribution in [0, 0.1) is 6.92 Å². The zero-order chi connectivity index (χ0) is 18.8. The minimum Gasteiger partial charge on any atom is -0.265 e. The van der Waals surface area contributed by atoms with Gasteiger partial charge in [-0.05, 0) is 30.7 Å². The molecule has 0 radical (unpaired) electrons. The lowest BCUT2D eigenvalue weighted by Gasteiger charge is -2.06. The standard InChI is InChI=1S/C17H9F3N6S/c1-8-6-10(17(18,19)20)23-16-11(8)12-13(27-16)15-24-14(25-26(15)7-22-12)9-2-4-21-5-3-9/h2-7H,1H3. The highest BCUT2D eigenvalue weighted by Crippen LogP contribution is 2.38. The summed E-state index contributed by atoms with van der Waals surface area (Å²) < 4.78 is 41.4. The Balaban J connectivity index is 1.81. The molecule has 10 heteroatoms. The van der Waals surface area contributed by atoms with Crippen LogP contribution in [0.15, 0.2) is 36.9 Å². The molecule has 5 heterocycles. The molecule has 27 heavy (non-hydrogen) atoms. The van der Waals surface area contributed by atoms with Gasteiger partial charge in [-0.1, -0.05) is 0 Å². The third kappa shape index (κ3) is 2.44. The van der Waals surface area contributed by atoms with Gasteiger partial charge in [0.25, 0.3) is 0 Å². The molecule has 0 saturated heterocycles. The molecule has 0 atom stereocenters. The molecule has 134 valence electrons. The number of thiophene rings is 1. The van der Waals surface area contributed by atoms with Gasteiger partial charge in [0.05, 0.1) is 5.52 Å². The summed E-state index contributed by atoms with van der Waals surface area (Å²) in [5.41, 5.74) is 1.47. The Morgan fingerprint density at radius 2 is 1.89 bits per heavy atom. The molecule has 0 unspecified atom stereocenters. The normalized spacial score (nSPS) is 12.4. The molecule has 5 aromatic rings. The van der Waals surface area contributed by atoms with Crippen LogP contribution in [-0.4, -0.2) is 29.5 Å². The molecule has 0 aromatic carbocycles. The molecular formula is C17H9F3N6S. The van der Waals surface area contributed by atoms with Crippen LogP contribution in [0.4, 0.5) is 13.2 Å². The molecule has 0 aliphatic heterocycles. The van der Waals surface area contributed by atoms with E-state index in [2.05, 4.69) is 25.0 Å². The maximum Gasteiger partial charge on any atom is 0.433 e. The van der Waals surface area contributed by atoms with Gasteiger partial charge in [0.15, 0.2) is 11.5 Å². The summed E-state index contributed by atoms with van der Waals surface area (Å²) in [4.78, 5) is 17.0. The fraction of sp³-hybridized carbons (Fsp3) is 0.118. The lowest BCUT2D eigenvalue weighted by Crippen LogP contribution is -2.07. The number of nitrogens with zero attached hydrogens (tertiary/aromatic N) is 6. The monoisotopic (exact) mass is 386 g/mol. The van der Waals surface area contributed by atoms with Crippen LogP contribution >= 0.6 is 11.3 Å². The van der Waals surface area contributed by atoms with Crippen LogP contribution in [0.2, 0.25) is 0 Å². The number of aromatic nitrogens is 6. The Hall–Kier alpha value is -3.14. The molecule has 0 aliphatic rings. The Kier molecular flexibility index (Phi) is 3.23. The number of hydrogen-bond donors (Lipinski definition) is 0. The van der Waals surface area contributed by atoms with E-state index in [4.69, 9.17) is 0 Å². The second kappa shape index (κ2) is 5.43. The first-order valence-electron chi connectivity index (χ1n) is 7.84. The lowest BCUT2D eigenvalue weighted by molar-refractivity contribution is -0.141. The lowest BCUT2D eigenvalue weighted by atomic mass is 10.1. The average molecular weight is 386 g/mol. The maximum absolute atomic E-state index is 13.1. The van der Waals surface area contributed by atoms with E-state index in [9.17, 15) is 13.2 Å². The van der Waals surface area contributed by atoms with Gasteiger partial charge in [-0.3, -0.25) is 4.98 Å². The van der Waals surface area contributed by atoms with Crippen molar-refractivity contribution in [2.24, 2.45) is 0 Å². The Morgan fingerprint density at radius 1 is 1.11 bits per heavy atom. The summed E-state index contributed by atoms with van der Waals surface area (Å²) in [6, 6.07) is 4.61. The summed E-state index contributed by atoms with van der Waals surface area (Å²) in [6.45, 7) is 1.63. The smallest absolute Gasteiger partial charge is 0.265 e. The molecule has 5 rings (SSSR count). The number of pyridine rings is 2. The number of halogens is 3. The van der Waals surface area contributed by atoms with Crippen molar-refractivity contribution in [3.63, 3.8) is 0 Å². The first-order chi connectivity index (χ1) is 12.9. The number of rotatable bonds is 1. The van der Waals surface area contributed by atoms with E-state index in [0.29, 0.717) is 32.6 Å². The van der Waals surface area contributed by atoms with Gasteiger partial charge < -0.3 is 0 Å². The highest BCUT2D eigenvalue weighted by atomic mass is 32.1. The van der Waals surface area contributed by atoms with Crippen LogP contribution in [0.1, 0.15) is 11.3 Å². The minimum absolute atomic E-state index is 0.284. The van der Waals surface area contributed by atoms with Gasteiger partial charge in [0.2, 0.25) is 0 Å². The molecular weight excluding hydrogens is 377 g/mol. The largest absolute Gasteiger partial charge is 0.433 e. The van der Waals surface area contributed by atoms with Crippen LogP contribution in [-0.2, 0) is 6.18 Å². The van der Waals surface area contributed by atoms with Crippen molar-refractivity contribution >= 4 is 37.4 Å². The molecule has 6 nitrogen and oxygen atoms in total. The molecule has 0 bridgehead atoms. The third-order valence-corrected chi connectivity index (χ3v) is 5.26. The van der Waals surface area contributed by atoms with Crippen LogP contribution < -0.4 is 0 Å². The summed E-state index contributed by atoms with van der Waals surface area (Å²) in [5.74, 6) is 0.491. The number of fused-ring (bicyclic) bond motifs is 5. The average Bonchev–Trinajstić information content (AvgIpc) is 3.22. The van der Waals surface area contributed by atoms with Crippen molar-refractivity contribution in [3.05, 3.63) is 48.2 Å². The van der Waals surface area contributed by atoms with Crippen molar-refractivity contribution < 1.29 is 13.2 Å². The molecule has 0 aliphatic carbocycles. The quantitative estimate of drug-likeness (QED) is 0.430. The minimum atomic E-state index is -4.50. The second-order valence-corrected chi connectivity index (χ2v) is 6.97. The number of aryl methyl sites for hydroxylation is 1. The molecule has 0 saturated carbocycles. The second-order valence-electron chi connectivity index (χ2n) is 5.97. The van der Waals surface area contributed by atoms with Crippen LogP contribution in [0.3, 0.4) is 0 Å². The highest BCUT2D eigenvalue weighted by molar-refractivity contribution is 7.26. The molecule has 0 spiro atoms. The van der Waals surface area contributed by atoms with E-state index < -0.39 is 11.9 Å². The first-order valence-corrected chi connectivity index (χ1v) is 8.66. The Labute approximate surface area is 153 Å². The summed E-state index contributed by atoms with van der Waals surface area (Å²) in [5, 5.41) is 5.01. The predicted octanol–water partition coefficient (Wildman–Crippen LogP) is 4.28. The third-order valence-electron chi connectivity index (χ3n) is 4.19. The first kappa shape index (κ1) is 16.1. The van der Waals surface area contributed by atoms with Gasteiger partial charge in [-0.15, -0.1) is 16.4 Å². The van der Waals surface area contributed by atoms with E-state index in [1.54, 1.807) is 31.5 Å². The number of hydrogen-bond acceptors (Lipinski definition) is 6. The van der Waals surface area contributed by atoms with Crippen LogP contribution in [0.5, 0.6) is 0 Å². The zero-order valence-corrected chi connectivity index (χ0v) is 14.5. The molecule has 0 N–H and O–H groups in total. The van der Waals surface area contributed by atoms with Crippen LogP contribution in [0.25, 0.3) is 37.5 Å². The zero-order valence-electron chi connectivity index (χ0n) is 13.7. The van der Waals surface area contributed by atoms with Crippen molar-refractivity contribution in [2.75, 3.05) is 0 Å². The van der Waals surface area contributed by atoms with Crippen molar-refractivity contribution in [1.82, 2.24) is 29.5 Å². The summed E-state index contributed by atoms with van der Waals surface area (Å²) >= 11 is 1.13. The van der Waals surface area contributed by atoms with Gasteiger partial charge in [-0.25, -0.2) is 19.5 Å². The highest BCUT2D eigenvalue weighted by Gasteiger charge is 2.33. The predicted molar refractivity (Wildman–Crippen MR) is 94.4 cm³/mol. The Morgan fingerprint density at radius 3 is 2.63 bits per heavy atom. The molecule has 5 aromatic heterocycles. The molecule has 0 amide bonds. The van der Waals surface area contributed by atoms with E-state index in [-0.39, 0.29) is 4.83 Å². The summed E-state index contributed by atoms with van der Waals surface area (Å²) in [6.07, 6.45) is 0.292. The number of alkyl halides is 3. The molecule has 0 fully saturated rings. The van der Waals surface area contributed by atoms with E-state index in [1.165, 1.54) is 10.8 Å².